The molecule has 1 N–H and O–H groups in total. The van der Waals surface area contributed by atoms with E-state index in [-0.39, 0.29) is 17.0 Å². The molecule has 6 nitrogen and oxygen atoms in total. The average Bonchev–Trinajstić information content (AvgIpc) is 2.91. The first-order valence-electron chi connectivity index (χ1n) is 14.6. The monoisotopic (exact) mass is 645 g/mol. The minimum absolute atomic E-state index is 0.00560. The molecule has 3 aliphatic rings. The molecule has 3 fully saturated rings. The van der Waals surface area contributed by atoms with E-state index in [1.54, 1.807) is 0 Å². The second kappa shape index (κ2) is 12.8. The summed E-state index contributed by atoms with van der Waals surface area (Å²) in [4.78, 5) is 0. The minimum atomic E-state index is -6.95. The van der Waals surface area contributed by atoms with E-state index in [9.17, 15) is 43.2 Å². The highest BCUT2D eigenvalue weighted by atomic mass is 32.3. The summed E-state index contributed by atoms with van der Waals surface area (Å²) in [5.41, 5.74) is -15.1. The topological polar surface area (TPSA) is 83.6 Å². The third-order valence-electron chi connectivity index (χ3n) is 9.48. The second-order valence-electron chi connectivity index (χ2n) is 11.7. The van der Waals surface area contributed by atoms with Gasteiger partial charge < -0.3 is 0 Å². The molecule has 0 radical (unpaired) electrons. The van der Waals surface area contributed by atoms with Crippen molar-refractivity contribution in [1.82, 2.24) is 8.80 Å². The molecule has 0 aromatic heterocycles. The van der Waals surface area contributed by atoms with Gasteiger partial charge in [0.1, 0.15) is 5.66 Å². The Morgan fingerprint density at radius 1 is 0.600 bits per heavy atom. The standard InChI is InChI=1S/C25H44F6N2O4PS2/c1-3-23(4-2,33(39(34,35)24(26,27)28)40(36,37)25(29,30)31)32-38(20-14-8-5-9-15-20,21-16-10-6-11-17-21)22-18-12-7-13-19-22/h20-22,32H,3-19H2,1-2H3/q+1. The Balaban J connectivity index is 2.35. The zero-order chi connectivity index (χ0) is 30.0. The van der Waals surface area contributed by atoms with Gasteiger partial charge in [-0.05, 0) is 89.9 Å². The van der Waals surface area contributed by atoms with E-state index in [0.29, 0.717) is 0 Å². The number of nitrogens with zero attached hydrogens (tertiary/aromatic N) is 1. The van der Waals surface area contributed by atoms with Crippen molar-refractivity contribution in [3.63, 3.8) is 0 Å². The van der Waals surface area contributed by atoms with Crippen molar-refractivity contribution in [1.29, 1.82) is 0 Å². The Labute approximate surface area is 235 Å². The van der Waals surface area contributed by atoms with E-state index in [1.807, 2.05) is 0 Å². The number of halogens is 6. The first-order valence-corrected chi connectivity index (χ1v) is 19.5. The molecule has 15 heteroatoms. The highest BCUT2D eigenvalue weighted by molar-refractivity contribution is 8.04. The van der Waals surface area contributed by atoms with Gasteiger partial charge in [0.25, 0.3) is 0 Å². The Morgan fingerprint density at radius 3 is 1.10 bits per heavy atom. The number of hydrogen-bond acceptors (Lipinski definition) is 5. The lowest BCUT2D eigenvalue weighted by atomic mass is 9.99. The number of nitrogens with one attached hydrogen (secondary N) is 1. The van der Waals surface area contributed by atoms with Gasteiger partial charge in [-0.25, -0.2) is 16.8 Å². The summed E-state index contributed by atoms with van der Waals surface area (Å²) in [6.45, 7) is 2.55. The van der Waals surface area contributed by atoms with Crippen LogP contribution in [0.5, 0.6) is 0 Å². The van der Waals surface area contributed by atoms with Gasteiger partial charge in [0, 0.05) is 0 Å². The van der Waals surface area contributed by atoms with Crippen LogP contribution >= 0.6 is 7.41 Å². The van der Waals surface area contributed by atoms with E-state index in [0.717, 1.165) is 96.3 Å². The molecule has 0 heterocycles. The zero-order valence-electron chi connectivity index (χ0n) is 23.4. The molecule has 0 spiro atoms. The van der Waals surface area contributed by atoms with Crippen LogP contribution in [-0.2, 0) is 20.0 Å². The molecule has 0 aromatic carbocycles. The first-order chi connectivity index (χ1) is 18.5. The van der Waals surface area contributed by atoms with Gasteiger partial charge in [0.05, 0.1) is 24.4 Å². The molecule has 236 valence electrons. The maximum absolute atomic E-state index is 14.0. The normalized spacial score (nSPS) is 22.6. The van der Waals surface area contributed by atoms with Crippen molar-refractivity contribution in [3.05, 3.63) is 0 Å². The first kappa shape index (κ1) is 34.3. The van der Waals surface area contributed by atoms with Crippen LogP contribution in [0.3, 0.4) is 0 Å². The minimum Gasteiger partial charge on any atom is -0.202 e. The summed E-state index contributed by atoms with van der Waals surface area (Å²) < 4.78 is 135. The van der Waals surface area contributed by atoms with Gasteiger partial charge in [-0.1, -0.05) is 36.8 Å². The van der Waals surface area contributed by atoms with E-state index >= 15 is 0 Å². The van der Waals surface area contributed by atoms with Crippen LogP contribution in [0, 0.1) is 0 Å². The smallest absolute Gasteiger partial charge is 0.202 e. The summed E-state index contributed by atoms with van der Waals surface area (Å²) in [6, 6.07) is 0. The molecule has 3 rings (SSSR count). The third kappa shape index (κ3) is 6.36. The Hall–Kier alpha value is -0.170. The quantitative estimate of drug-likeness (QED) is 0.148. The number of alkyl halides is 6. The molecule has 0 unspecified atom stereocenters. The molecule has 3 saturated carbocycles. The largest absolute Gasteiger partial charge is 0.512 e. The molecule has 0 aliphatic heterocycles. The lowest BCUT2D eigenvalue weighted by molar-refractivity contribution is -0.0579. The van der Waals surface area contributed by atoms with Crippen LogP contribution in [0.1, 0.15) is 123 Å². The molecule has 40 heavy (non-hydrogen) atoms. The fraction of sp³-hybridized carbons (Fsp3) is 1.00. The Kier molecular flexibility index (Phi) is 11.0. The van der Waals surface area contributed by atoms with Gasteiger partial charge in [-0.2, -0.15) is 31.4 Å². The average molecular weight is 646 g/mol. The third-order valence-corrected chi connectivity index (χ3v) is 19.4. The molecule has 0 atom stereocenters. The molecule has 0 saturated heterocycles. The maximum Gasteiger partial charge on any atom is 0.512 e. The maximum atomic E-state index is 14.0. The zero-order valence-corrected chi connectivity index (χ0v) is 25.9. The lowest BCUT2D eigenvalue weighted by Gasteiger charge is -2.53. The predicted octanol–water partition coefficient (Wildman–Crippen LogP) is 8.02. The fourth-order valence-electron chi connectivity index (χ4n) is 7.54. The van der Waals surface area contributed by atoms with E-state index in [4.69, 9.17) is 0 Å². The van der Waals surface area contributed by atoms with Crippen molar-refractivity contribution in [2.24, 2.45) is 0 Å². The summed E-state index contributed by atoms with van der Waals surface area (Å²) in [5, 5.41) is 3.32. The van der Waals surface area contributed by atoms with Crippen LogP contribution < -0.4 is 5.09 Å². The summed E-state index contributed by atoms with van der Waals surface area (Å²) in [7, 11) is -16.6. The van der Waals surface area contributed by atoms with E-state index < -0.39 is 60.7 Å². The van der Waals surface area contributed by atoms with Crippen LogP contribution in [-0.4, -0.2) is 54.2 Å². The van der Waals surface area contributed by atoms with Gasteiger partial charge in [0.15, 0.2) is 0 Å². The predicted molar refractivity (Wildman–Crippen MR) is 146 cm³/mol. The van der Waals surface area contributed by atoms with E-state index in [2.05, 4.69) is 5.09 Å². The summed E-state index contributed by atoms with van der Waals surface area (Å²) >= 11 is 0. The SMILES string of the molecule is CCC(CC)(N[P+](C1CCCCC1)(C1CCCCC1)C1CCCCC1)N(S(=O)(=O)C(F)(F)F)S(=O)(=O)C(F)(F)F. The molecule has 0 bridgehead atoms. The highest BCUT2D eigenvalue weighted by Crippen LogP contribution is 2.76. The van der Waals surface area contributed by atoms with Crippen LogP contribution in [0.2, 0.25) is 0 Å². The van der Waals surface area contributed by atoms with Crippen LogP contribution in [0.15, 0.2) is 0 Å². The number of rotatable bonds is 10. The lowest BCUT2D eigenvalue weighted by Crippen LogP contribution is -2.67. The molecule has 3 aliphatic carbocycles. The van der Waals surface area contributed by atoms with Crippen molar-refractivity contribution in [2.45, 2.75) is 157 Å². The highest BCUT2D eigenvalue weighted by Gasteiger charge is 2.70. The van der Waals surface area contributed by atoms with Gasteiger partial charge >= 0.3 is 31.1 Å². The number of hydrogen-bond donors (Lipinski definition) is 1. The van der Waals surface area contributed by atoms with Crippen molar-refractivity contribution in [3.8, 4) is 0 Å². The van der Waals surface area contributed by atoms with Crippen LogP contribution in [0.4, 0.5) is 26.3 Å². The summed E-state index contributed by atoms with van der Waals surface area (Å²) in [6.07, 6.45) is 11.6. The summed E-state index contributed by atoms with van der Waals surface area (Å²) in [5.74, 6) is 0. The van der Waals surface area contributed by atoms with Crippen molar-refractivity contribution < 1.29 is 43.2 Å². The molecule has 0 aromatic rings. The molecule has 0 amide bonds. The second-order valence-corrected chi connectivity index (χ2v) is 19.5. The fourth-order valence-corrected chi connectivity index (χ4v) is 18.3. The van der Waals surface area contributed by atoms with Gasteiger partial charge in [-0.15, -0.1) is 0 Å². The van der Waals surface area contributed by atoms with Crippen molar-refractivity contribution >= 4 is 27.5 Å². The number of sulfonamides is 2. The van der Waals surface area contributed by atoms with Gasteiger partial charge in [0.2, 0.25) is 0 Å². The Bertz CT molecular complexity index is 957. The molecular weight excluding hydrogens is 601 g/mol. The Morgan fingerprint density at radius 2 is 0.875 bits per heavy atom. The van der Waals surface area contributed by atoms with Crippen LogP contribution in [0.25, 0.3) is 0 Å². The van der Waals surface area contributed by atoms with Crippen molar-refractivity contribution in [2.75, 3.05) is 0 Å². The molecular formula is C25H44F6N2O4PS2+. The van der Waals surface area contributed by atoms with E-state index in [1.165, 1.54) is 13.8 Å². The van der Waals surface area contributed by atoms with Gasteiger partial charge in [-0.3, -0.25) is 0 Å².